The Kier molecular flexibility index (Phi) is 2.56. The van der Waals surface area contributed by atoms with Gasteiger partial charge in [0.2, 0.25) is 0 Å². The van der Waals surface area contributed by atoms with Crippen LogP contribution in [0.3, 0.4) is 0 Å². The second-order valence-corrected chi connectivity index (χ2v) is 4.53. The number of aryl methyl sites for hydroxylation is 1. The van der Waals surface area contributed by atoms with Crippen LogP contribution >= 0.6 is 0 Å². The van der Waals surface area contributed by atoms with Gasteiger partial charge in [-0.05, 0) is 18.2 Å². The highest BCUT2D eigenvalue weighted by atomic mass is 15.1. The molecule has 0 aliphatic heterocycles. The van der Waals surface area contributed by atoms with E-state index in [1.54, 1.807) is 0 Å². The lowest BCUT2D eigenvalue weighted by atomic mass is 10.1. The molecule has 0 amide bonds. The van der Waals surface area contributed by atoms with Crippen molar-refractivity contribution in [3.8, 4) is 11.3 Å². The van der Waals surface area contributed by atoms with Crippen LogP contribution < -0.4 is 10.1 Å². The van der Waals surface area contributed by atoms with E-state index in [1.807, 2.05) is 49.6 Å². The van der Waals surface area contributed by atoms with Crippen molar-refractivity contribution in [3.63, 3.8) is 0 Å². The van der Waals surface area contributed by atoms with E-state index in [-0.39, 0.29) is 5.84 Å². The van der Waals surface area contributed by atoms with Crippen molar-refractivity contribution in [1.82, 2.24) is 4.57 Å². The molecule has 0 unspecified atom stereocenters. The summed E-state index contributed by atoms with van der Waals surface area (Å²) in [4.78, 5) is 0. The Balaban J connectivity index is 2.13. The van der Waals surface area contributed by atoms with Gasteiger partial charge in [-0.15, -0.1) is 0 Å². The molecule has 1 aromatic carbocycles. The first-order valence-corrected chi connectivity index (χ1v) is 6.07. The molecule has 0 radical (unpaired) electrons. The van der Waals surface area contributed by atoms with Crippen LogP contribution in [0.2, 0.25) is 0 Å². The number of nitrogens with two attached hydrogens (primary N) is 1. The van der Waals surface area contributed by atoms with Crippen molar-refractivity contribution in [2.24, 2.45) is 12.8 Å². The molecule has 0 saturated carbocycles. The van der Waals surface area contributed by atoms with Gasteiger partial charge in [0.05, 0.1) is 13.2 Å². The van der Waals surface area contributed by atoms with Crippen molar-refractivity contribution < 1.29 is 4.40 Å². The molecule has 2 heterocycles. The average molecular weight is 251 g/mol. The van der Waals surface area contributed by atoms with Crippen molar-refractivity contribution >= 4 is 11.5 Å². The number of rotatable bonds is 2. The summed E-state index contributed by atoms with van der Waals surface area (Å²) in [5.41, 5.74) is 9.58. The number of pyridine rings is 1. The molecule has 0 atom stereocenters. The molecule has 3 N–H and O–H groups in total. The van der Waals surface area contributed by atoms with Gasteiger partial charge in [-0.3, -0.25) is 5.41 Å². The quantitative estimate of drug-likeness (QED) is 0.406. The molecular weight excluding hydrogens is 236 g/mol. The van der Waals surface area contributed by atoms with Gasteiger partial charge in [-0.1, -0.05) is 18.2 Å². The highest BCUT2D eigenvalue weighted by Gasteiger charge is 2.14. The van der Waals surface area contributed by atoms with Crippen molar-refractivity contribution in [3.05, 3.63) is 60.4 Å². The SMILES string of the molecule is Cn1c(-c2ccc(C(=N)N)cc2)c[n+]2ccccc12. The number of nitrogens with one attached hydrogen (secondary N) is 1. The summed E-state index contributed by atoms with van der Waals surface area (Å²) in [6, 6.07) is 13.8. The van der Waals surface area contributed by atoms with Gasteiger partial charge >= 0.3 is 0 Å². The summed E-state index contributed by atoms with van der Waals surface area (Å²) < 4.78 is 4.23. The number of imidazole rings is 1. The van der Waals surface area contributed by atoms with E-state index >= 15 is 0 Å². The molecular formula is C15H15N4+. The fourth-order valence-corrected chi connectivity index (χ4v) is 2.27. The minimum Gasteiger partial charge on any atom is -0.384 e. The predicted octanol–water partition coefficient (Wildman–Crippen LogP) is 1.71. The third-order valence-electron chi connectivity index (χ3n) is 3.33. The number of nitrogen functional groups attached to an aromatic ring is 1. The maximum Gasteiger partial charge on any atom is 0.286 e. The highest BCUT2D eigenvalue weighted by Crippen LogP contribution is 2.19. The number of hydrogen-bond acceptors (Lipinski definition) is 1. The zero-order valence-corrected chi connectivity index (χ0v) is 10.7. The van der Waals surface area contributed by atoms with Crippen molar-refractivity contribution in [2.45, 2.75) is 0 Å². The van der Waals surface area contributed by atoms with Gasteiger partial charge in [0.1, 0.15) is 12.0 Å². The molecule has 0 spiro atoms. The fraction of sp³-hybridized carbons (Fsp3) is 0.0667. The normalized spacial score (nSPS) is 10.8. The van der Waals surface area contributed by atoms with Crippen LogP contribution in [-0.2, 0) is 7.05 Å². The first kappa shape index (κ1) is 11.5. The first-order valence-electron chi connectivity index (χ1n) is 6.07. The van der Waals surface area contributed by atoms with Crippen LogP contribution in [-0.4, -0.2) is 10.4 Å². The zero-order chi connectivity index (χ0) is 13.4. The van der Waals surface area contributed by atoms with Gasteiger partial charge in [-0.25, -0.2) is 8.97 Å². The van der Waals surface area contributed by atoms with Gasteiger partial charge in [-0.2, -0.15) is 0 Å². The monoisotopic (exact) mass is 251 g/mol. The lowest BCUT2D eigenvalue weighted by Crippen LogP contribution is -2.17. The van der Waals surface area contributed by atoms with E-state index in [0.29, 0.717) is 0 Å². The smallest absolute Gasteiger partial charge is 0.286 e. The van der Waals surface area contributed by atoms with Gasteiger partial charge in [0.25, 0.3) is 5.65 Å². The van der Waals surface area contributed by atoms with Crippen LogP contribution in [0.1, 0.15) is 5.56 Å². The summed E-state index contributed by atoms with van der Waals surface area (Å²) in [7, 11) is 2.05. The molecule has 3 aromatic rings. The molecule has 3 rings (SSSR count). The Bertz CT molecular complexity index is 753. The largest absolute Gasteiger partial charge is 0.384 e. The molecule has 94 valence electrons. The number of hydrogen-bond donors (Lipinski definition) is 2. The molecule has 0 bridgehead atoms. The fourth-order valence-electron chi connectivity index (χ4n) is 2.27. The van der Waals surface area contributed by atoms with Crippen LogP contribution in [0, 0.1) is 5.41 Å². The standard InChI is InChI=1S/C15H15N4/c1-18-13(10-19-9-3-2-4-14(18)19)11-5-7-12(8-6-11)15(16)17/h2-10H,1H3,(H3,16,17)/q+1. The number of fused-ring (bicyclic) bond motifs is 1. The molecule has 0 saturated heterocycles. The lowest BCUT2D eigenvalue weighted by molar-refractivity contribution is -0.510. The molecule has 0 aliphatic carbocycles. The Morgan fingerprint density at radius 2 is 1.89 bits per heavy atom. The Labute approximate surface area is 111 Å². The Morgan fingerprint density at radius 3 is 2.53 bits per heavy atom. The van der Waals surface area contributed by atoms with E-state index < -0.39 is 0 Å². The van der Waals surface area contributed by atoms with E-state index in [0.717, 1.165) is 22.5 Å². The third-order valence-corrected chi connectivity index (χ3v) is 3.33. The van der Waals surface area contributed by atoms with Gasteiger partial charge < -0.3 is 5.73 Å². The average Bonchev–Trinajstić information content (AvgIpc) is 2.77. The highest BCUT2D eigenvalue weighted by molar-refractivity contribution is 5.95. The second kappa shape index (κ2) is 4.24. The van der Waals surface area contributed by atoms with E-state index in [4.69, 9.17) is 11.1 Å². The molecule has 0 aliphatic rings. The molecule has 19 heavy (non-hydrogen) atoms. The molecule has 4 nitrogen and oxygen atoms in total. The summed E-state index contributed by atoms with van der Waals surface area (Å²) in [5, 5.41) is 7.41. The predicted molar refractivity (Wildman–Crippen MR) is 75.0 cm³/mol. The number of amidine groups is 1. The topological polar surface area (TPSA) is 58.9 Å². The lowest BCUT2D eigenvalue weighted by Gasteiger charge is -2.00. The Morgan fingerprint density at radius 1 is 1.16 bits per heavy atom. The van der Waals surface area contributed by atoms with E-state index in [2.05, 4.69) is 21.2 Å². The van der Waals surface area contributed by atoms with Gasteiger partial charge in [0, 0.05) is 17.2 Å². The Hall–Kier alpha value is -2.62. The molecule has 2 aromatic heterocycles. The summed E-state index contributed by atoms with van der Waals surface area (Å²) in [6.45, 7) is 0. The van der Waals surface area contributed by atoms with Crippen molar-refractivity contribution in [2.75, 3.05) is 0 Å². The second-order valence-electron chi connectivity index (χ2n) is 4.53. The zero-order valence-electron chi connectivity index (χ0n) is 10.7. The summed E-state index contributed by atoms with van der Waals surface area (Å²) >= 11 is 0. The first-order chi connectivity index (χ1) is 9.16. The molecule has 4 heteroatoms. The minimum absolute atomic E-state index is 0.0953. The number of benzene rings is 1. The van der Waals surface area contributed by atoms with Gasteiger partial charge in [0.15, 0.2) is 5.69 Å². The number of aromatic nitrogens is 2. The molecule has 0 fully saturated rings. The van der Waals surface area contributed by atoms with E-state index in [9.17, 15) is 0 Å². The maximum atomic E-state index is 7.41. The minimum atomic E-state index is 0.0953. The van der Waals surface area contributed by atoms with E-state index in [1.165, 1.54) is 0 Å². The van der Waals surface area contributed by atoms with Crippen molar-refractivity contribution in [1.29, 1.82) is 5.41 Å². The number of nitrogens with zero attached hydrogens (tertiary/aromatic N) is 2. The third kappa shape index (κ3) is 1.87. The van der Waals surface area contributed by atoms with Crippen LogP contribution in [0.4, 0.5) is 0 Å². The maximum absolute atomic E-state index is 7.41. The van der Waals surface area contributed by atoms with Crippen LogP contribution in [0.25, 0.3) is 16.9 Å². The van der Waals surface area contributed by atoms with Crippen LogP contribution in [0.5, 0.6) is 0 Å². The summed E-state index contributed by atoms with van der Waals surface area (Å²) in [6.07, 6.45) is 4.13. The summed E-state index contributed by atoms with van der Waals surface area (Å²) in [5.74, 6) is 0.0953. The van der Waals surface area contributed by atoms with Crippen LogP contribution in [0.15, 0.2) is 54.9 Å².